The molecule has 2 aromatic carbocycles. The highest BCUT2D eigenvalue weighted by molar-refractivity contribution is 5.57. The van der Waals surface area contributed by atoms with Crippen LogP contribution in [-0.4, -0.2) is 0 Å². The molecule has 0 saturated heterocycles. The minimum Gasteiger partial charge on any atom is -0.359 e. The Hall–Kier alpha value is -2.42. The summed E-state index contributed by atoms with van der Waals surface area (Å²) in [6, 6.07) is 14.6. The zero-order chi connectivity index (χ0) is 19.5. The lowest BCUT2D eigenvalue weighted by molar-refractivity contribution is 0.509. The molecular weight excluding hydrogens is 320 g/mol. The molecule has 0 radical (unpaired) electrons. The SMILES string of the molecule is C=C(Nc1cc(Cc2ccc(C(C)(C)N=O)cc2)ccc1C)C(C)(C)C. The van der Waals surface area contributed by atoms with Gasteiger partial charge in [0.05, 0.1) is 0 Å². The number of nitroso groups, excluding NO2 is 1. The van der Waals surface area contributed by atoms with Gasteiger partial charge in [0.2, 0.25) is 0 Å². The molecule has 0 heterocycles. The zero-order valence-electron chi connectivity index (χ0n) is 16.8. The molecule has 0 aliphatic rings. The van der Waals surface area contributed by atoms with Gasteiger partial charge < -0.3 is 5.32 Å². The molecule has 2 rings (SSSR count). The summed E-state index contributed by atoms with van der Waals surface area (Å²) in [5.74, 6) is 0. The van der Waals surface area contributed by atoms with Crippen molar-refractivity contribution in [2.75, 3.05) is 5.32 Å². The number of hydrogen-bond donors (Lipinski definition) is 1. The van der Waals surface area contributed by atoms with E-state index in [0.29, 0.717) is 0 Å². The summed E-state index contributed by atoms with van der Waals surface area (Å²) in [5, 5.41) is 6.68. The summed E-state index contributed by atoms with van der Waals surface area (Å²) >= 11 is 0. The van der Waals surface area contributed by atoms with Crippen molar-refractivity contribution in [3.8, 4) is 0 Å². The summed E-state index contributed by atoms with van der Waals surface area (Å²) in [5.41, 5.74) is 6.01. The number of benzene rings is 2. The lowest BCUT2D eigenvalue weighted by atomic mass is 9.92. The number of anilines is 1. The molecule has 0 spiro atoms. The average molecular weight is 351 g/mol. The maximum atomic E-state index is 11.0. The molecule has 26 heavy (non-hydrogen) atoms. The van der Waals surface area contributed by atoms with Gasteiger partial charge in [-0.1, -0.05) is 68.9 Å². The fourth-order valence-corrected chi connectivity index (χ4v) is 2.58. The molecule has 1 N–H and O–H groups in total. The summed E-state index contributed by atoms with van der Waals surface area (Å²) in [4.78, 5) is 11.0. The van der Waals surface area contributed by atoms with E-state index in [2.05, 4.69) is 75.1 Å². The van der Waals surface area contributed by atoms with Crippen molar-refractivity contribution in [3.63, 3.8) is 0 Å². The number of allylic oxidation sites excluding steroid dienone is 1. The molecule has 0 atom stereocenters. The Morgan fingerprint density at radius 1 is 1.00 bits per heavy atom. The summed E-state index contributed by atoms with van der Waals surface area (Å²) in [6.07, 6.45) is 0.839. The van der Waals surface area contributed by atoms with Crippen molar-refractivity contribution in [2.45, 2.75) is 53.5 Å². The topological polar surface area (TPSA) is 41.5 Å². The minimum atomic E-state index is -0.688. The van der Waals surface area contributed by atoms with Crippen molar-refractivity contribution in [1.82, 2.24) is 0 Å². The van der Waals surface area contributed by atoms with E-state index in [4.69, 9.17) is 0 Å². The Balaban J connectivity index is 2.19. The van der Waals surface area contributed by atoms with E-state index in [1.54, 1.807) is 0 Å². The first kappa shape index (κ1) is 19.9. The van der Waals surface area contributed by atoms with Crippen molar-refractivity contribution in [3.05, 3.63) is 81.9 Å². The van der Waals surface area contributed by atoms with E-state index in [0.717, 1.165) is 23.4 Å². The van der Waals surface area contributed by atoms with E-state index in [1.807, 2.05) is 26.0 Å². The van der Waals surface area contributed by atoms with Gasteiger partial charge in [-0.3, -0.25) is 0 Å². The Bertz CT molecular complexity index is 796. The van der Waals surface area contributed by atoms with Gasteiger partial charge >= 0.3 is 0 Å². The van der Waals surface area contributed by atoms with Gasteiger partial charge in [-0.05, 0) is 55.5 Å². The van der Waals surface area contributed by atoms with Crippen LogP contribution in [-0.2, 0) is 12.0 Å². The molecule has 0 amide bonds. The van der Waals surface area contributed by atoms with Crippen LogP contribution in [0.3, 0.4) is 0 Å². The third-order valence-electron chi connectivity index (χ3n) is 4.79. The largest absolute Gasteiger partial charge is 0.359 e. The zero-order valence-corrected chi connectivity index (χ0v) is 16.8. The number of aryl methyl sites for hydroxylation is 1. The first-order valence-corrected chi connectivity index (χ1v) is 9.03. The summed E-state index contributed by atoms with van der Waals surface area (Å²) in [7, 11) is 0. The number of nitrogens with one attached hydrogen (secondary N) is 1. The molecule has 2 aromatic rings. The Labute approximate surface area is 157 Å². The van der Waals surface area contributed by atoms with Crippen LogP contribution in [0, 0.1) is 17.2 Å². The van der Waals surface area contributed by atoms with Crippen molar-refractivity contribution in [2.24, 2.45) is 10.6 Å². The first-order valence-electron chi connectivity index (χ1n) is 9.03. The highest BCUT2D eigenvalue weighted by Gasteiger charge is 2.20. The Morgan fingerprint density at radius 2 is 1.58 bits per heavy atom. The van der Waals surface area contributed by atoms with Crippen molar-refractivity contribution >= 4 is 5.69 Å². The molecule has 0 aliphatic carbocycles. The number of hydrogen-bond acceptors (Lipinski definition) is 3. The molecular formula is C23H30N2O. The van der Waals surface area contributed by atoms with Gasteiger partial charge in [-0.2, -0.15) is 0 Å². The molecule has 138 valence electrons. The third kappa shape index (κ3) is 4.81. The maximum absolute atomic E-state index is 11.0. The summed E-state index contributed by atoms with van der Waals surface area (Å²) in [6.45, 7) is 16.4. The molecule has 0 unspecified atom stereocenters. The molecule has 0 bridgehead atoms. The molecule has 3 heteroatoms. The maximum Gasteiger partial charge on any atom is 0.122 e. The van der Waals surface area contributed by atoms with Crippen LogP contribution < -0.4 is 5.32 Å². The monoisotopic (exact) mass is 350 g/mol. The third-order valence-corrected chi connectivity index (χ3v) is 4.79. The quantitative estimate of drug-likeness (QED) is 0.599. The van der Waals surface area contributed by atoms with Crippen LogP contribution >= 0.6 is 0 Å². The van der Waals surface area contributed by atoms with Crippen molar-refractivity contribution in [1.29, 1.82) is 0 Å². The average Bonchev–Trinajstić information content (AvgIpc) is 2.57. The molecule has 0 aromatic heterocycles. The lowest BCUT2D eigenvalue weighted by Gasteiger charge is -2.24. The lowest BCUT2D eigenvalue weighted by Crippen LogP contribution is -2.16. The van der Waals surface area contributed by atoms with Gasteiger partial charge in [-0.25, -0.2) is 0 Å². The fourth-order valence-electron chi connectivity index (χ4n) is 2.58. The van der Waals surface area contributed by atoms with Crippen LogP contribution in [0.2, 0.25) is 0 Å². The van der Waals surface area contributed by atoms with Crippen LogP contribution in [0.1, 0.15) is 56.9 Å². The molecule has 0 fully saturated rings. The summed E-state index contributed by atoms with van der Waals surface area (Å²) < 4.78 is 0. The van der Waals surface area contributed by atoms with Crippen LogP contribution in [0.5, 0.6) is 0 Å². The second-order valence-corrected chi connectivity index (χ2v) is 8.53. The second kappa shape index (κ2) is 7.45. The van der Waals surface area contributed by atoms with Gasteiger partial charge in [0.1, 0.15) is 5.54 Å². The second-order valence-electron chi connectivity index (χ2n) is 8.53. The van der Waals surface area contributed by atoms with E-state index >= 15 is 0 Å². The molecule has 0 saturated carbocycles. The van der Waals surface area contributed by atoms with Gasteiger partial charge in [0.25, 0.3) is 0 Å². The van der Waals surface area contributed by atoms with Crippen LogP contribution in [0.25, 0.3) is 0 Å². The first-order chi connectivity index (χ1) is 12.0. The number of rotatable bonds is 6. The Morgan fingerprint density at radius 3 is 2.12 bits per heavy atom. The smallest absolute Gasteiger partial charge is 0.122 e. The minimum absolute atomic E-state index is 0.0116. The van der Waals surface area contributed by atoms with Gasteiger partial charge in [-0.15, -0.1) is 4.91 Å². The fraction of sp³-hybridized carbons (Fsp3) is 0.391. The Kier molecular flexibility index (Phi) is 5.70. The van der Waals surface area contributed by atoms with Crippen LogP contribution in [0.4, 0.5) is 5.69 Å². The molecule has 3 nitrogen and oxygen atoms in total. The van der Waals surface area contributed by atoms with E-state index < -0.39 is 5.54 Å². The predicted molar refractivity (Wildman–Crippen MR) is 111 cm³/mol. The molecule has 0 aliphatic heterocycles. The normalized spacial score (nSPS) is 11.9. The van der Waals surface area contributed by atoms with Crippen LogP contribution in [0.15, 0.2) is 59.9 Å². The highest BCUT2D eigenvalue weighted by Crippen LogP contribution is 2.28. The van der Waals surface area contributed by atoms with E-state index in [9.17, 15) is 4.91 Å². The van der Waals surface area contributed by atoms with Crippen molar-refractivity contribution < 1.29 is 0 Å². The van der Waals surface area contributed by atoms with Gasteiger partial charge in [0, 0.05) is 16.8 Å². The standard InChI is InChI=1S/C23H30N2O/c1-16-8-9-19(15-21(16)24-17(2)22(3,4)5)14-18-10-12-20(13-11-18)23(6,7)25-26/h8-13,15,24H,2,14H2,1,3-7H3. The van der Waals surface area contributed by atoms with Gasteiger partial charge in [0.15, 0.2) is 0 Å². The van der Waals surface area contributed by atoms with E-state index in [1.165, 1.54) is 16.7 Å². The predicted octanol–water partition coefficient (Wildman–Crippen LogP) is 6.56. The van der Waals surface area contributed by atoms with E-state index in [-0.39, 0.29) is 5.41 Å². The highest BCUT2D eigenvalue weighted by atomic mass is 16.3. The number of nitrogens with zero attached hydrogens (tertiary/aromatic N) is 1.